The molecular weight excluding hydrogens is 372 g/mol. The highest BCUT2D eigenvalue weighted by Crippen LogP contribution is 2.38. The molecule has 3 aromatic rings. The van der Waals surface area contributed by atoms with E-state index in [1.807, 2.05) is 29.2 Å². The largest absolute Gasteiger partial charge is 0.463 e. The molecule has 2 atom stereocenters. The second-order valence-electron chi connectivity index (χ2n) is 7.94. The van der Waals surface area contributed by atoms with Crippen LogP contribution in [0.15, 0.2) is 34.9 Å². The Bertz CT molecular complexity index is 1040. The quantitative estimate of drug-likeness (QED) is 0.724. The standard InChI is InChI=1S/C21H22N4O2S/c26-20(16-12-27-18-4-2-1-3-15(16)18)24-8-7-17-19(11-24)28-21(23-17)25-13-5-6-14(25)10-22-9-13/h1-4,12-14,22H,5-11H2. The number of rotatable bonds is 2. The normalized spacial score (nSPS) is 24.0. The molecule has 6 nitrogen and oxygen atoms in total. The summed E-state index contributed by atoms with van der Waals surface area (Å²) in [5.41, 5.74) is 2.60. The molecule has 1 aromatic carbocycles. The summed E-state index contributed by atoms with van der Waals surface area (Å²) in [5, 5.41) is 5.58. The predicted molar refractivity (Wildman–Crippen MR) is 109 cm³/mol. The number of carbonyl (C=O) groups excluding carboxylic acids is 1. The van der Waals surface area contributed by atoms with Gasteiger partial charge in [0.2, 0.25) is 0 Å². The molecule has 1 amide bonds. The monoisotopic (exact) mass is 394 g/mol. The van der Waals surface area contributed by atoms with Gasteiger partial charge in [-0.25, -0.2) is 4.98 Å². The smallest absolute Gasteiger partial charge is 0.258 e. The van der Waals surface area contributed by atoms with Crippen LogP contribution < -0.4 is 10.2 Å². The maximum Gasteiger partial charge on any atom is 0.258 e. The first kappa shape index (κ1) is 16.6. The maximum atomic E-state index is 13.1. The van der Waals surface area contributed by atoms with Gasteiger partial charge in [-0.3, -0.25) is 4.79 Å². The molecular formula is C21H22N4O2S. The highest BCUT2D eigenvalue weighted by Gasteiger charge is 2.39. The van der Waals surface area contributed by atoms with Crippen LogP contribution in [0.1, 0.15) is 33.8 Å². The van der Waals surface area contributed by atoms with Crippen LogP contribution in [-0.4, -0.2) is 47.5 Å². The van der Waals surface area contributed by atoms with Gasteiger partial charge in [-0.1, -0.05) is 29.5 Å². The summed E-state index contributed by atoms with van der Waals surface area (Å²) in [7, 11) is 0. The number of hydrogen-bond acceptors (Lipinski definition) is 6. The second kappa shape index (κ2) is 6.32. The molecule has 0 radical (unpaired) electrons. The Morgan fingerprint density at radius 1 is 1.21 bits per heavy atom. The first-order valence-electron chi connectivity index (χ1n) is 10.0. The first-order valence-corrected chi connectivity index (χ1v) is 10.8. The van der Waals surface area contributed by atoms with Gasteiger partial charge in [0.05, 0.1) is 17.8 Å². The van der Waals surface area contributed by atoms with E-state index in [4.69, 9.17) is 9.40 Å². The number of para-hydroxylation sites is 1. The minimum atomic E-state index is 0.0489. The van der Waals surface area contributed by atoms with Gasteiger partial charge in [0.1, 0.15) is 11.8 Å². The zero-order chi connectivity index (χ0) is 18.7. The van der Waals surface area contributed by atoms with Crippen LogP contribution in [0.3, 0.4) is 0 Å². The molecule has 2 bridgehead atoms. The van der Waals surface area contributed by atoms with Crippen molar-refractivity contribution < 1.29 is 9.21 Å². The van der Waals surface area contributed by atoms with E-state index >= 15 is 0 Å². The number of piperazine rings is 1. The van der Waals surface area contributed by atoms with Crippen molar-refractivity contribution in [3.05, 3.63) is 46.7 Å². The summed E-state index contributed by atoms with van der Waals surface area (Å²) in [6, 6.07) is 8.86. The van der Waals surface area contributed by atoms with Crippen molar-refractivity contribution in [3.8, 4) is 0 Å². The van der Waals surface area contributed by atoms with E-state index in [-0.39, 0.29) is 5.91 Å². The molecule has 2 aromatic heterocycles. The lowest BCUT2D eigenvalue weighted by atomic mass is 10.1. The number of furan rings is 1. The lowest BCUT2D eigenvalue weighted by Crippen LogP contribution is -2.51. The van der Waals surface area contributed by atoms with Crippen LogP contribution in [-0.2, 0) is 13.0 Å². The van der Waals surface area contributed by atoms with E-state index in [1.165, 1.54) is 23.4 Å². The number of amides is 1. The van der Waals surface area contributed by atoms with Crippen LogP contribution in [0, 0.1) is 0 Å². The summed E-state index contributed by atoms with van der Waals surface area (Å²) in [5.74, 6) is 0.0489. The molecule has 6 rings (SSSR count). The molecule has 0 spiro atoms. The van der Waals surface area contributed by atoms with Crippen molar-refractivity contribution in [1.82, 2.24) is 15.2 Å². The molecule has 5 heterocycles. The number of benzene rings is 1. The fourth-order valence-electron chi connectivity index (χ4n) is 4.87. The summed E-state index contributed by atoms with van der Waals surface area (Å²) in [6.07, 6.45) is 4.92. The second-order valence-corrected chi connectivity index (χ2v) is 9.00. The number of thiazole rings is 1. The fourth-order valence-corrected chi connectivity index (χ4v) is 6.14. The average molecular weight is 395 g/mol. The van der Waals surface area contributed by atoms with E-state index in [0.717, 1.165) is 35.6 Å². The molecule has 3 aliphatic rings. The Labute approximate surface area is 167 Å². The predicted octanol–water partition coefficient (Wildman–Crippen LogP) is 3.03. The van der Waals surface area contributed by atoms with E-state index in [2.05, 4.69) is 10.2 Å². The van der Waals surface area contributed by atoms with Gasteiger partial charge in [-0.15, -0.1) is 0 Å². The fraction of sp³-hybridized carbons (Fsp3) is 0.429. The van der Waals surface area contributed by atoms with E-state index in [9.17, 15) is 4.79 Å². The summed E-state index contributed by atoms with van der Waals surface area (Å²) in [4.78, 5) is 23.8. The number of aromatic nitrogens is 1. The third kappa shape index (κ3) is 2.49. The Morgan fingerprint density at radius 3 is 2.89 bits per heavy atom. The molecule has 7 heteroatoms. The third-order valence-electron chi connectivity index (χ3n) is 6.32. The highest BCUT2D eigenvalue weighted by atomic mass is 32.1. The van der Waals surface area contributed by atoms with E-state index in [0.29, 0.717) is 30.7 Å². The van der Waals surface area contributed by atoms with Gasteiger partial charge < -0.3 is 19.5 Å². The van der Waals surface area contributed by atoms with Gasteiger partial charge in [0.15, 0.2) is 5.13 Å². The molecule has 2 fully saturated rings. The first-order chi connectivity index (χ1) is 13.8. The lowest BCUT2D eigenvalue weighted by Gasteiger charge is -2.35. The molecule has 2 saturated heterocycles. The van der Waals surface area contributed by atoms with Crippen LogP contribution in [0.25, 0.3) is 11.0 Å². The van der Waals surface area contributed by atoms with E-state index in [1.54, 1.807) is 17.6 Å². The number of anilines is 1. The minimum absolute atomic E-state index is 0.0489. The molecule has 0 aliphatic carbocycles. The zero-order valence-electron chi connectivity index (χ0n) is 15.6. The Kier molecular flexibility index (Phi) is 3.74. The van der Waals surface area contributed by atoms with Crippen LogP contribution in [0.2, 0.25) is 0 Å². The number of carbonyl (C=O) groups is 1. The van der Waals surface area contributed by atoms with Crippen LogP contribution in [0.4, 0.5) is 5.13 Å². The van der Waals surface area contributed by atoms with Crippen molar-refractivity contribution in [1.29, 1.82) is 0 Å². The van der Waals surface area contributed by atoms with Crippen molar-refractivity contribution >= 4 is 33.3 Å². The Balaban J connectivity index is 1.26. The van der Waals surface area contributed by atoms with E-state index < -0.39 is 0 Å². The van der Waals surface area contributed by atoms with Crippen LogP contribution >= 0.6 is 11.3 Å². The third-order valence-corrected chi connectivity index (χ3v) is 7.42. The number of nitrogens with zero attached hydrogens (tertiary/aromatic N) is 3. The highest BCUT2D eigenvalue weighted by molar-refractivity contribution is 7.15. The van der Waals surface area contributed by atoms with Crippen molar-refractivity contribution in [2.75, 3.05) is 24.5 Å². The van der Waals surface area contributed by atoms with Crippen molar-refractivity contribution in [3.63, 3.8) is 0 Å². The SMILES string of the molecule is O=C(c1coc2ccccc12)N1CCc2nc(N3C4CCC3CNC4)sc2C1. The molecule has 3 aliphatic heterocycles. The Hall–Kier alpha value is -2.38. The van der Waals surface area contributed by atoms with Gasteiger partial charge in [-0.05, 0) is 18.9 Å². The average Bonchev–Trinajstić information content (AvgIpc) is 3.40. The number of fused-ring (bicyclic) bond motifs is 4. The van der Waals surface area contributed by atoms with Crippen molar-refractivity contribution in [2.24, 2.45) is 0 Å². The molecule has 1 N–H and O–H groups in total. The summed E-state index contributed by atoms with van der Waals surface area (Å²) in [6.45, 7) is 3.47. The van der Waals surface area contributed by atoms with Gasteiger partial charge >= 0.3 is 0 Å². The molecule has 2 unspecified atom stereocenters. The van der Waals surface area contributed by atoms with Gasteiger partial charge in [-0.2, -0.15) is 0 Å². The van der Waals surface area contributed by atoms with Gasteiger partial charge in [0.25, 0.3) is 5.91 Å². The Morgan fingerprint density at radius 2 is 2.04 bits per heavy atom. The zero-order valence-corrected chi connectivity index (χ0v) is 16.4. The minimum Gasteiger partial charge on any atom is -0.463 e. The lowest BCUT2D eigenvalue weighted by molar-refractivity contribution is 0.0737. The maximum absolute atomic E-state index is 13.1. The van der Waals surface area contributed by atoms with Crippen LogP contribution in [0.5, 0.6) is 0 Å². The summed E-state index contributed by atoms with van der Waals surface area (Å²) >= 11 is 1.78. The van der Waals surface area contributed by atoms with Crippen molar-refractivity contribution in [2.45, 2.75) is 37.9 Å². The number of nitrogens with one attached hydrogen (secondary N) is 1. The molecule has 0 saturated carbocycles. The molecule has 28 heavy (non-hydrogen) atoms. The van der Waals surface area contributed by atoms with Gasteiger partial charge in [0, 0.05) is 48.4 Å². The molecule has 144 valence electrons. The number of hydrogen-bond donors (Lipinski definition) is 1. The summed E-state index contributed by atoms with van der Waals surface area (Å²) < 4.78 is 5.57. The topological polar surface area (TPSA) is 61.6 Å².